The monoisotopic (exact) mass is 180 g/mol. The van der Waals surface area contributed by atoms with Crippen molar-refractivity contribution in [2.75, 3.05) is 7.11 Å². The highest BCUT2D eigenvalue weighted by Crippen LogP contribution is 2.11. The molecule has 0 saturated heterocycles. The number of rotatable bonds is 3. The van der Waals surface area contributed by atoms with E-state index in [0.29, 0.717) is 0 Å². The molecule has 0 bridgehead atoms. The van der Waals surface area contributed by atoms with Gasteiger partial charge in [0.15, 0.2) is 0 Å². The molecule has 1 N–H and O–H groups in total. The summed E-state index contributed by atoms with van der Waals surface area (Å²) in [5, 5.41) is 0. The van der Waals surface area contributed by atoms with Crippen LogP contribution in [-0.2, 0) is 11.3 Å². The number of carbonyl (C=O) groups excluding carboxylic acids is 1. The first-order chi connectivity index (χ1) is 6.22. The maximum atomic E-state index is 10.2. The molecular weight excluding hydrogens is 170 g/mol. The average molecular weight is 180 g/mol. The zero-order chi connectivity index (χ0) is 9.68. The highest BCUT2D eigenvalue weighted by molar-refractivity contribution is 5.63. The largest absolute Gasteiger partial charge is 0.497 e. The third-order valence-electron chi connectivity index (χ3n) is 1.53. The Bertz CT molecular complexity index is 281. The molecule has 69 valence electrons. The Hall–Kier alpha value is -1.71. The lowest BCUT2D eigenvalue weighted by Crippen LogP contribution is -2.01. The van der Waals surface area contributed by atoms with Crippen molar-refractivity contribution in [3.05, 3.63) is 29.8 Å². The van der Waals surface area contributed by atoms with Gasteiger partial charge in [-0.15, -0.1) is 0 Å². The fraction of sp³-hybridized carbons (Fsp3) is 0.222. The third-order valence-corrected chi connectivity index (χ3v) is 1.53. The molecule has 0 atom stereocenters. The topological polar surface area (TPSA) is 59.3 Å². The van der Waals surface area contributed by atoms with Crippen molar-refractivity contribution in [2.24, 2.45) is 0 Å². The third kappa shape index (κ3) is 3.02. The van der Waals surface area contributed by atoms with Crippen LogP contribution in [0.5, 0.6) is 5.75 Å². The summed E-state index contributed by atoms with van der Waals surface area (Å²) in [6.45, 7) is 0.131. The molecular formula is C9H10NO3. The summed E-state index contributed by atoms with van der Waals surface area (Å²) >= 11 is 0. The van der Waals surface area contributed by atoms with Gasteiger partial charge in [-0.3, -0.25) is 0 Å². The summed E-state index contributed by atoms with van der Waals surface area (Å²) in [7, 11) is 1.58. The Labute approximate surface area is 76.3 Å². The maximum absolute atomic E-state index is 10.2. The molecule has 0 aliphatic carbocycles. The molecule has 1 amide bonds. The van der Waals surface area contributed by atoms with E-state index in [9.17, 15) is 4.79 Å². The molecule has 1 radical (unpaired) electrons. The van der Waals surface area contributed by atoms with E-state index < -0.39 is 6.09 Å². The molecule has 0 fully saturated rings. The lowest BCUT2D eigenvalue weighted by atomic mass is 10.2. The summed E-state index contributed by atoms with van der Waals surface area (Å²) in [6, 6.07) is 7.10. The molecule has 0 aliphatic rings. The predicted molar refractivity (Wildman–Crippen MR) is 46.3 cm³/mol. The normalized spacial score (nSPS) is 9.31. The Kier molecular flexibility index (Phi) is 3.14. The molecule has 0 spiro atoms. The van der Waals surface area contributed by atoms with Crippen LogP contribution in [0.4, 0.5) is 4.79 Å². The van der Waals surface area contributed by atoms with Gasteiger partial charge in [0.05, 0.1) is 7.11 Å². The molecule has 1 aromatic rings. The quantitative estimate of drug-likeness (QED) is 0.710. The van der Waals surface area contributed by atoms with Crippen molar-refractivity contribution in [3.63, 3.8) is 0 Å². The first-order valence-electron chi connectivity index (χ1n) is 3.73. The molecule has 0 heterocycles. The lowest BCUT2D eigenvalue weighted by Gasteiger charge is -2.02. The number of hydrogen-bond acceptors (Lipinski definition) is 3. The van der Waals surface area contributed by atoms with Crippen molar-refractivity contribution in [3.8, 4) is 5.75 Å². The summed E-state index contributed by atoms with van der Waals surface area (Å²) in [4.78, 5) is 10.2. The van der Waals surface area contributed by atoms with E-state index in [-0.39, 0.29) is 6.61 Å². The van der Waals surface area contributed by atoms with Gasteiger partial charge in [0.25, 0.3) is 0 Å². The predicted octanol–water partition coefficient (Wildman–Crippen LogP) is 1.61. The molecule has 0 aliphatic heterocycles. The van der Waals surface area contributed by atoms with Crippen molar-refractivity contribution in [2.45, 2.75) is 6.61 Å². The van der Waals surface area contributed by atoms with Crippen LogP contribution in [0.25, 0.3) is 0 Å². The van der Waals surface area contributed by atoms with E-state index in [1.165, 1.54) is 0 Å². The van der Waals surface area contributed by atoms with Crippen molar-refractivity contribution in [1.82, 2.24) is 5.73 Å². The maximum Gasteiger partial charge on any atom is 0.426 e. The fourth-order valence-electron chi connectivity index (χ4n) is 0.871. The van der Waals surface area contributed by atoms with Crippen LogP contribution in [0.2, 0.25) is 0 Å². The van der Waals surface area contributed by atoms with Crippen molar-refractivity contribution < 1.29 is 14.3 Å². The minimum Gasteiger partial charge on any atom is -0.497 e. The Morgan fingerprint density at radius 3 is 2.46 bits per heavy atom. The summed E-state index contributed by atoms with van der Waals surface area (Å²) in [5.41, 5.74) is 7.35. The highest BCUT2D eigenvalue weighted by Gasteiger charge is 1.97. The number of carbonyl (C=O) groups is 1. The van der Waals surface area contributed by atoms with Crippen LogP contribution in [0, 0.1) is 0 Å². The second kappa shape index (κ2) is 4.35. The number of ether oxygens (including phenoxy) is 2. The van der Waals surface area contributed by atoms with Gasteiger partial charge in [-0.25, -0.2) is 10.5 Å². The SMILES string of the molecule is COc1ccc(COC([NH])=O)cc1. The molecule has 0 unspecified atom stereocenters. The van der Waals surface area contributed by atoms with Gasteiger partial charge in [0.1, 0.15) is 12.4 Å². The van der Waals surface area contributed by atoms with E-state index in [2.05, 4.69) is 4.74 Å². The van der Waals surface area contributed by atoms with E-state index >= 15 is 0 Å². The van der Waals surface area contributed by atoms with E-state index in [0.717, 1.165) is 11.3 Å². The van der Waals surface area contributed by atoms with E-state index in [1.807, 2.05) is 0 Å². The number of nitrogens with one attached hydrogen (secondary N) is 1. The van der Waals surface area contributed by atoms with Crippen LogP contribution in [0.3, 0.4) is 0 Å². The Balaban J connectivity index is 2.54. The lowest BCUT2D eigenvalue weighted by molar-refractivity contribution is 0.148. The van der Waals surface area contributed by atoms with Crippen molar-refractivity contribution >= 4 is 6.09 Å². The molecule has 13 heavy (non-hydrogen) atoms. The van der Waals surface area contributed by atoms with Gasteiger partial charge < -0.3 is 9.47 Å². The fourth-order valence-corrected chi connectivity index (χ4v) is 0.871. The van der Waals surface area contributed by atoms with Gasteiger partial charge in [0.2, 0.25) is 0 Å². The number of hydrogen-bond donors (Lipinski definition) is 0. The molecule has 4 nitrogen and oxygen atoms in total. The molecule has 0 saturated carbocycles. The second-order valence-corrected chi connectivity index (χ2v) is 2.42. The first-order valence-corrected chi connectivity index (χ1v) is 3.73. The number of benzene rings is 1. The minimum absolute atomic E-state index is 0.131. The molecule has 0 aromatic heterocycles. The second-order valence-electron chi connectivity index (χ2n) is 2.42. The van der Waals surface area contributed by atoms with Gasteiger partial charge in [-0.05, 0) is 17.7 Å². The standard InChI is InChI=1S/C9H10NO3/c1-12-8-4-2-7(3-5-8)6-13-9(10)11/h2-5,10H,6H2,1H3. The van der Waals surface area contributed by atoms with Crippen LogP contribution in [0.1, 0.15) is 5.56 Å². The van der Waals surface area contributed by atoms with E-state index in [1.54, 1.807) is 31.4 Å². The smallest absolute Gasteiger partial charge is 0.426 e. The highest BCUT2D eigenvalue weighted by atomic mass is 16.5. The van der Waals surface area contributed by atoms with Crippen molar-refractivity contribution in [1.29, 1.82) is 0 Å². The Morgan fingerprint density at radius 2 is 2.00 bits per heavy atom. The van der Waals surface area contributed by atoms with Gasteiger partial charge in [-0.2, -0.15) is 0 Å². The van der Waals surface area contributed by atoms with Crippen LogP contribution in [0.15, 0.2) is 24.3 Å². The van der Waals surface area contributed by atoms with E-state index in [4.69, 9.17) is 10.5 Å². The number of amides is 1. The summed E-state index contributed by atoms with van der Waals surface area (Å²) in [6.07, 6.45) is -1.02. The van der Waals surface area contributed by atoms with Crippen LogP contribution >= 0.6 is 0 Å². The first kappa shape index (κ1) is 9.38. The van der Waals surface area contributed by atoms with Crippen LogP contribution < -0.4 is 10.5 Å². The Morgan fingerprint density at radius 1 is 1.38 bits per heavy atom. The zero-order valence-electron chi connectivity index (χ0n) is 7.24. The van der Waals surface area contributed by atoms with Crippen LogP contribution in [-0.4, -0.2) is 13.2 Å². The average Bonchev–Trinajstić information content (AvgIpc) is 2.15. The van der Waals surface area contributed by atoms with Gasteiger partial charge in [0, 0.05) is 0 Å². The molecule has 1 rings (SSSR count). The minimum atomic E-state index is -1.02. The molecule has 1 aromatic carbocycles. The van der Waals surface area contributed by atoms with Gasteiger partial charge >= 0.3 is 6.09 Å². The summed E-state index contributed by atoms with van der Waals surface area (Å²) in [5.74, 6) is 0.751. The number of methoxy groups -OCH3 is 1. The van der Waals surface area contributed by atoms with Gasteiger partial charge in [-0.1, -0.05) is 12.1 Å². The summed E-state index contributed by atoms with van der Waals surface area (Å²) < 4.78 is 9.44. The molecule has 4 heteroatoms. The zero-order valence-corrected chi connectivity index (χ0v) is 7.24.